The Kier molecular flexibility index (Phi) is 2.86. The molecule has 2 rings (SSSR count). The maximum absolute atomic E-state index is 11.4. The van der Waals surface area contributed by atoms with Gasteiger partial charge in [-0.05, 0) is 36.3 Å². The van der Waals surface area contributed by atoms with Gasteiger partial charge < -0.3 is 10.5 Å². The second-order valence-corrected chi connectivity index (χ2v) is 5.28. The van der Waals surface area contributed by atoms with Gasteiger partial charge in [-0.1, -0.05) is 19.9 Å². The van der Waals surface area contributed by atoms with E-state index in [1.165, 1.54) is 12.0 Å². The molecule has 0 radical (unpaired) electrons. The fourth-order valence-electron chi connectivity index (χ4n) is 2.83. The summed E-state index contributed by atoms with van der Waals surface area (Å²) < 4.78 is 5.44. The van der Waals surface area contributed by atoms with Gasteiger partial charge in [-0.3, -0.25) is 4.79 Å². The Morgan fingerprint density at radius 1 is 1.41 bits per heavy atom. The number of ether oxygens (including phenoxy) is 1. The van der Waals surface area contributed by atoms with Crippen molar-refractivity contribution in [3.63, 3.8) is 0 Å². The van der Waals surface area contributed by atoms with E-state index in [2.05, 4.69) is 13.8 Å². The van der Waals surface area contributed by atoms with Gasteiger partial charge in [-0.2, -0.15) is 0 Å². The molecule has 0 aromatic heterocycles. The Hall–Kier alpha value is -1.51. The number of rotatable bonds is 2. The molecular weight excluding hydrogens is 214 g/mol. The molecule has 17 heavy (non-hydrogen) atoms. The van der Waals surface area contributed by atoms with Gasteiger partial charge in [-0.25, -0.2) is 0 Å². The molecule has 92 valence electrons. The molecule has 1 aromatic rings. The zero-order valence-corrected chi connectivity index (χ0v) is 10.7. The van der Waals surface area contributed by atoms with Crippen LogP contribution < -0.4 is 10.5 Å². The number of methoxy groups -OCH3 is 1. The summed E-state index contributed by atoms with van der Waals surface area (Å²) in [6.07, 6.45) is 3.34. The number of hydrogen-bond donors (Lipinski definition) is 1. The minimum Gasteiger partial charge on any atom is -0.496 e. The number of benzene rings is 1. The van der Waals surface area contributed by atoms with Crippen molar-refractivity contribution in [1.82, 2.24) is 0 Å². The van der Waals surface area contributed by atoms with Gasteiger partial charge in [0.2, 0.25) is 0 Å². The standard InChI is InChI=1S/C14H19NO2/c1-14(2)8-4-5-9-6-7-10(13(15)16)12(17-3)11(9)14/h6-7H,4-5,8H2,1-3H3,(H2,15,16). The second kappa shape index (κ2) is 4.06. The Bertz CT molecular complexity index is 464. The molecule has 0 spiro atoms. The molecule has 0 bridgehead atoms. The van der Waals surface area contributed by atoms with Gasteiger partial charge in [0.15, 0.2) is 0 Å². The summed E-state index contributed by atoms with van der Waals surface area (Å²) in [6, 6.07) is 3.79. The maximum Gasteiger partial charge on any atom is 0.252 e. The lowest BCUT2D eigenvalue weighted by molar-refractivity contribution is 0.0997. The summed E-state index contributed by atoms with van der Waals surface area (Å²) in [5, 5.41) is 0. The van der Waals surface area contributed by atoms with Gasteiger partial charge >= 0.3 is 0 Å². The lowest BCUT2D eigenvalue weighted by Crippen LogP contribution is -2.26. The van der Waals surface area contributed by atoms with Gasteiger partial charge in [0.1, 0.15) is 5.75 Å². The van der Waals surface area contributed by atoms with Crippen LogP contribution in [0.25, 0.3) is 0 Å². The molecule has 0 heterocycles. The first kappa shape index (κ1) is 12.0. The van der Waals surface area contributed by atoms with Crippen LogP contribution in [0.2, 0.25) is 0 Å². The smallest absolute Gasteiger partial charge is 0.252 e. The summed E-state index contributed by atoms with van der Waals surface area (Å²) in [5.74, 6) is 0.241. The molecule has 1 amide bonds. The molecule has 0 unspecified atom stereocenters. The number of primary amides is 1. The topological polar surface area (TPSA) is 52.3 Å². The van der Waals surface area contributed by atoms with E-state index in [0.29, 0.717) is 11.3 Å². The fourth-order valence-corrected chi connectivity index (χ4v) is 2.83. The molecule has 0 fully saturated rings. The van der Waals surface area contributed by atoms with E-state index in [4.69, 9.17) is 10.5 Å². The van der Waals surface area contributed by atoms with Crippen molar-refractivity contribution in [3.8, 4) is 5.75 Å². The highest BCUT2D eigenvalue weighted by molar-refractivity contribution is 5.96. The fraction of sp³-hybridized carbons (Fsp3) is 0.500. The zero-order valence-electron chi connectivity index (χ0n) is 10.7. The largest absolute Gasteiger partial charge is 0.496 e. The van der Waals surface area contributed by atoms with Crippen molar-refractivity contribution in [2.75, 3.05) is 7.11 Å². The molecule has 1 aliphatic rings. The first-order valence-electron chi connectivity index (χ1n) is 5.97. The molecule has 2 N–H and O–H groups in total. The lowest BCUT2D eigenvalue weighted by atomic mass is 9.71. The SMILES string of the molecule is COc1c(C(N)=O)ccc2c1C(C)(C)CCC2. The van der Waals surface area contributed by atoms with E-state index in [9.17, 15) is 4.79 Å². The summed E-state index contributed by atoms with van der Waals surface area (Å²) in [4.78, 5) is 11.4. The average Bonchev–Trinajstić information content (AvgIpc) is 2.26. The number of fused-ring (bicyclic) bond motifs is 1. The van der Waals surface area contributed by atoms with Crippen molar-refractivity contribution in [2.24, 2.45) is 5.73 Å². The van der Waals surface area contributed by atoms with E-state index in [1.807, 2.05) is 6.07 Å². The minimum atomic E-state index is -0.425. The van der Waals surface area contributed by atoms with Crippen LogP contribution >= 0.6 is 0 Å². The quantitative estimate of drug-likeness (QED) is 0.852. The van der Waals surface area contributed by atoms with E-state index in [1.54, 1.807) is 13.2 Å². The van der Waals surface area contributed by atoms with Crippen molar-refractivity contribution in [3.05, 3.63) is 28.8 Å². The van der Waals surface area contributed by atoms with Crippen LogP contribution in [0.1, 0.15) is 48.2 Å². The number of nitrogens with two attached hydrogens (primary N) is 1. The molecule has 3 heteroatoms. The zero-order chi connectivity index (χ0) is 12.6. The number of aryl methyl sites for hydroxylation is 1. The third-order valence-electron chi connectivity index (χ3n) is 3.64. The lowest BCUT2D eigenvalue weighted by Gasteiger charge is -2.34. The van der Waals surface area contributed by atoms with Crippen LogP contribution in [0.4, 0.5) is 0 Å². The molecule has 3 nitrogen and oxygen atoms in total. The summed E-state index contributed by atoms with van der Waals surface area (Å²) in [5.41, 5.74) is 8.36. The molecular formula is C14H19NO2. The maximum atomic E-state index is 11.4. The normalized spacial score (nSPS) is 17.4. The number of hydrogen-bond acceptors (Lipinski definition) is 2. The third-order valence-corrected chi connectivity index (χ3v) is 3.64. The van der Waals surface area contributed by atoms with Crippen molar-refractivity contribution in [2.45, 2.75) is 38.5 Å². The molecule has 1 aromatic carbocycles. The van der Waals surface area contributed by atoms with Crippen molar-refractivity contribution < 1.29 is 9.53 Å². The highest BCUT2D eigenvalue weighted by Crippen LogP contribution is 2.43. The number of carbonyl (C=O) groups is 1. The summed E-state index contributed by atoms with van der Waals surface area (Å²) in [6.45, 7) is 4.39. The van der Waals surface area contributed by atoms with E-state index in [-0.39, 0.29) is 5.41 Å². The summed E-state index contributed by atoms with van der Waals surface area (Å²) >= 11 is 0. The van der Waals surface area contributed by atoms with E-state index in [0.717, 1.165) is 18.4 Å². The molecule has 0 saturated heterocycles. The Morgan fingerprint density at radius 3 is 2.71 bits per heavy atom. The third kappa shape index (κ3) is 1.90. The highest BCUT2D eigenvalue weighted by atomic mass is 16.5. The first-order valence-corrected chi connectivity index (χ1v) is 5.97. The predicted molar refractivity (Wildman–Crippen MR) is 67.5 cm³/mol. The monoisotopic (exact) mass is 233 g/mol. The van der Waals surface area contributed by atoms with Crippen LogP contribution in [0.5, 0.6) is 5.75 Å². The molecule has 0 saturated carbocycles. The van der Waals surface area contributed by atoms with Crippen molar-refractivity contribution >= 4 is 5.91 Å². The Morgan fingerprint density at radius 2 is 2.12 bits per heavy atom. The van der Waals surface area contributed by atoms with Crippen molar-refractivity contribution in [1.29, 1.82) is 0 Å². The van der Waals surface area contributed by atoms with E-state index < -0.39 is 5.91 Å². The first-order chi connectivity index (χ1) is 7.97. The van der Waals surface area contributed by atoms with Crippen LogP contribution in [0.15, 0.2) is 12.1 Å². The van der Waals surface area contributed by atoms with E-state index >= 15 is 0 Å². The minimum absolute atomic E-state index is 0.0460. The predicted octanol–water partition coefficient (Wildman–Crippen LogP) is 2.41. The number of amides is 1. The average molecular weight is 233 g/mol. The van der Waals surface area contributed by atoms with Gasteiger partial charge in [0, 0.05) is 5.56 Å². The van der Waals surface area contributed by atoms with Gasteiger partial charge in [0.05, 0.1) is 12.7 Å². The molecule has 0 aliphatic heterocycles. The van der Waals surface area contributed by atoms with Crippen LogP contribution in [0.3, 0.4) is 0 Å². The number of carbonyl (C=O) groups excluding carboxylic acids is 1. The second-order valence-electron chi connectivity index (χ2n) is 5.28. The van der Waals surface area contributed by atoms with Crippen LogP contribution in [0, 0.1) is 0 Å². The van der Waals surface area contributed by atoms with Crippen LogP contribution in [-0.2, 0) is 11.8 Å². The Labute approximate surface area is 102 Å². The summed E-state index contributed by atoms with van der Waals surface area (Å²) in [7, 11) is 1.60. The van der Waals surface area contributed by atoms with Gasteiger partial charge in [-0.15, -0.1) is 0 Å². The molecule has 1 aliphatic carbocycles. The van der Waals surface area contributed by atoms with Gasteiger partial charge in [0.25, 0.3) is 5.91 Å². The van der Waals surface area contributed by atoms with Crippen LogP contribution in [-0.4, -0.2) is 13.0 Å². The Balaban J connectivity index is 2.70. The highest BCUT2D eigenvalue weighted by Gasteiger charge is 2.32. The molecule has 0 atom stereocenters.